The van der Waals surface area contributed by atoms with Gasteiger partial charge in [-0.15, -0.1) is 34.9 Å². The Morgan fingerprint density at radius 3 is 1.67 bits per heavy atom. The van der Waals surface area contributed by atoms with E-state index in [4.69, 9.17) is 10.4 Å². The normalized spacial score (nSPS) is 11.9. The standard InChI is InChI=1S/C8H10N2O2S3/c1-13-7-5(3-9-11)6(4-10-12)8(14-2)15-7/h3-4,11-12H,1-2H3/b9-3-,10-4+. The van der Waals surface area contributed by atoms with Gasteiger partial charge in [-0.25, -0.2) is 0 Å². The molecule has 0 unspecified atom stereocenters. The average molecular weight is 262 g/mol. The first-order chi connectivity index (χ1) is 7.28. The van der Waals surface area contributed by atoms with Crippen molar-refractivity contribution in [2.45, 2.75) is 8.42 Å². The summed E-state index contributed by atoms with van der Waals surface area (Å²) in [4.78, 5) is 0. The van der Waals surface area contributed by atoms with Gasteiger partial charge >= 0.3 is 0 Å². The molecule has 0 aliphatic rings. The Morgan fingerprint density at radius 1 is 1.00 bits per heavy atom. The molecule has 0 saturated carbocycles. The molecule has 1 aromatic heterocycles. The van der Waals surface area contributed by atoms with Crippen LogP contribution in [-0.2, 0) is 0 Å². The Bertz CT molecular complexity index is 353. The first kappa shape index (κ1) is 12.4. The summed E-state index contributed by atoms with van der Waals surface area (Å²) in [5.74, 6) is 0. The molecule has 15 heavy (non-hydrogen) atoms. The molecule has 7 heteroatoms. The van der Waals surface area contributed by atoms with E-state index >= 15 is 0 Å². The Morgan fingerprint density at radius 2 is 1.40 bits per heavy atom. The number of hydrogen-bond acceptors (Lipinski definition) is 7. The van der Waals surface area contributed by atoms with E-state index in [0.717, 1.165) is 19.5 Å². The third-order valence-corrected chi connectivity index (χ3v) is 5.15. The van der Waals surface area contributed by atoms with E-state index in [-0.39, 0.29) is 0 Å². The maximum atomic E-state index is 8.57. The van der Waals surface area contributed by atoms with Crippen molar-refractivity contribution in [3.05, 3.63) is 11.1 Å². The van der Waals surface area contributed by atoms with E-state index in [0.29, 0.717) is 0 Å². The highest BCUT2D eigenvalue weighted by Gasteiger charge is 2.14. The molecule has 1 aromatic rings. The van der Waals surface area contributed by atoms with Gasteiger partial charge in [0, 0.05) is 11.1 Å². The molecule has 0 spiro atoms. The van der Waals surface area contributed by atoms with Gasteiger partial charge in [0.25, 0.3) is 0 Å². The zero-order chi connectivity index (χ0) is 11.3. The summed E-state index contributed by atoms with van der Waals surface area (Å²) in [6.07, 6.45) is 6.62. The van der Waals surface area contributed by atoms with E-state index in [1.807, 2.05) is 12.5 Å². The Balaban J connectivity index is 3.33. The minimum Gasteiger partial charge on any atom is -0.411 e. The van der Waals surface area contributed by atoms with Gasteiger partial charge in [-0.3, -0.25) is 0 Å². The summed E-state index contributed by atoms with van der Waals surface area (Å²) >= 11 is 4.73. The van der Waals surface area contributed by atoms with Gasteiger partial charge in [-0.05, 0) is 12.5 Å². The van der Waals surface area contributed by atoms with Gasteiger partial charge in [0.05, 0.1) is 20.8 Å². The Hall–Kier alpha value is -0.660. The largest absolute Gasteiger partial charge is 0.411 e. The van der Waals surface area contributed by atoms with Gasteiger partial charge in [0.2, 0.25) is 0 Å². The minimum atomic E-state index is 0.789. The molecule has 0 radical (unpaired) electrons. The summed E-state index contributed by atoms with van der Waals surface area (Å²) in [5.41, 5.74) is 1.58. The van der Waals surface area contributed by atoms with Crippen molar-refractivity contribution in [3.63, 3.8) is 0 Å². The number of oxime groups is 2. The van der Waals surface area contributed by atoms with Gasteiger partial charge in [-0.2, -0.15) is 0 Å². The van der Waals surface area contributed by atoms with Crippen LogP contribution in [0.15, 0.2) is 18.7 Å². The molecule has 0 amide bonds. The van der Waals surface area contributed by atoms with Crippen molar-refractivity contribution < 1.29 is 10.4 Å². The van der Waals surface area contributed by atoms with E-state index in [9.17, 15) is 0 Å². The molecule has 1 heterocycles. The summed E-state index contributed by atoms with van der Waals surface area (Å²) < 4.78 is 2.07. The van der Waals surface area contributed by atoms with Crippen molar-refractivity contribution in [1.82, 2.24) is 0 Å². The lowest BCUT2D eigenvalue weighted by atomic mass is 10.2. The highest BCUT2D eigenvalue weighted by atomic mass is 32.2. The van der Waals surface area contributed by atoms with E-state index in [1.54, 1.807) is 34.9 Å². The highest BCUT2D eigenvalue weighted by Crippen LogP contribution is 2.38. The molecule has 4 nitrogen and oxygen atoms in total. The number of rotatable bonds is 4. The van der Waals surface area contributed by atoms with Crippen LogP contribution in [0.5, 0.6) is 0 Å². The molecule has 0 saturated heterocycles. The maximum absolute atomic E-state index is 8.57. The number of hydrogen-bond donors (Lipinski definition) is 2. The summed E-state index contributed by atoms with van der Waals surface area (Å²) in [6, 6.07) is 0. The third kappa shape index (κ3) is 2.67. The monoisotopic (exact) mass is 262 g/mol. The van der Waals surface area contributed by atoms with Crippen molar-refractivity contribution in [2.75, 3.05) is 12.5 Å². The highest BCUT2D eigenvalue weighted by molar-refractivity contribution is 8.02. The van der Waals surface area contributed by atoms with Gasteiger partial charge < -0.3 is 10.4 Å². The fraction of sp³-hybridized carbons (Fsp3) is 0.250. The van der Waals surface area contributed by atoms with Crippen LogP contribution in [0.25, 0.3) is 0 Å². The molecule has 82 valence electrons. The van der Waals surface area contributed by atoms with E-state index in [1.165, 1.54) is 12.4 Å². The van der Waals surface area contributed by atoms with Crippen LogP contribution >= 0.6 is 34.9 Å². The predicted octanol–water partition coefficient (Wildman–Crippen LogP) is 2.81. The molecule has 1 rings (SSSR count). The van der Waals surface area contributed by atoms with E-state index < -0.39 is 0 Å². The molecule has 2 N–H and O–H groups in total. The fourth-order valence-electron chi connectivity index (χ4n) is 1.08. The van der Waals surface area contributed by atoms with Crippen molar-refractivity contribution in [1.29, 1.82) is 0 Å². The quantitative estimate of drug-likeness (QED) is 0.379. The molecular weight excluding hydrogens is 252 g/mol. The molecule has 0 atom stereocenters. The van der Waals surface area contributed by atoms with Gasteiger partial charge in [0.1, 0.15) is 0 Å². The fourth-order valence-corrected chi connectivity index (χ4v) is 3.88. The van der Waals surface area contributed by atoms with Crippen molar-refractivity contribution >= 4 is 47.3 Å². The average Bonchev–Trinajstić information content (AvgIpc) is 2.58. The second kappa shape index (κ2) is 6.04. The zero-order valence-corrected chi connectivity index (χ0v) is 10.6. The topological polar surface area (TPSA) is 65.2 Å². The molecular formula is C8H10N2O2S3. The van der Waals surface area contributed by atoms with Crippen LogP contribution in [0.3, 0.4) is 0 Å². The smallest absolute Gasteiger partial charge is 0.0760 e. The first-order valence-electron chi connectivity index (χ1n) is 3.88. The van der Waals surface area contributed by atoms with Crippen LogP contribution in [0.2, 0.25) is 0 Å². The number of nitrogens with zero attached hydrogens (tertiary/aromatic N) is 2. The van der Waals surface area contributed by atoms with E-state index in [2.05, 4.69) is 10.3 Å². The van der Waals surface area contributed by atoms with Crippen molar-refractivity contribution in [2.24, 2.45) is 10.3 Å². The summed E-state index contributed by atoms with van der Waals surface area (Å²) in [5, 5.41) is 23.2. The lowest BCUT2D eigenvalue weighted by Crippen LogP contribution is -1.89. The lowest BCUT2D eigenvalue weighted by molar-refractivity contribution is 0.321. The molecule has 0 fully saturated rings. The number of thioether (sulfide) groups is 2. The third-order valence-electron chi connectivity index (χ3n) is 1.66. The van der Waals surface area contributed by atoms with Gasteiger partial charge in [0.15, 0.2) is 0 Å². The van der Waals surface area contributed by atoms with Crippen LogP contribution < -0.4 is 0 Å². The molecule has 0 aliphatic heterocycles. The lowest BCUT2D eigenvalue weighted by Gasteiger charge is -1.94. The minimum absolute atomic E-state index is 0.789. The first-order valence-corrected chi connectivity index (χ1v) is 7.14. The SMILES string of the molecule is CSc1sc(SC)c(/C=N/O)c1/C=N\O. The molecule has 0 aromatic carbocycles. The van der Waals surface area contributed by atoms with Gasteiger partial charge in [-0.1, -0.05) is 10.3 Å². The predicted molar refractivity (Wildman–Crippen MR) is 66.6 cm³/mol. The summed E-state index contributed by atoms with van der Waals surface area (Å²) in [6.45, 7) is 0. The summed E-state index contributed by atoms with van der Waals surface area (Å²) in [7, 11) is 0. The van der Waals surface area contributed by atoms with Crippen molar-refractivity contribution in [3.8, 4) is 0 Å². The Labute approximate surface area is 100 Å². The molecule has 0 aliphatic carbocycles. The Kier molecular flexibility index (Phi) is 5.00. The maximum Gasteiger partial charge on any atom is 0.0760 e. The molecule has 0 bridgehead atoms. The van der Waals surface area contributed by atoms with Crippen LogP contribution in [0.1, 0.15) is 11.1 Å². The second-order valence-corrected chi connectivity index (χ2v) is 5.57. The zero-order valence-electron chi connectivity index (χ0n) is 8.17. The van der Waals surface area contributed by atoms with Crippen LogP contribution in [0.4, 0.5) is 0 Å². The number of thiophene rings is 1. The second-order valence-electron chi connectivity index (χ2n) is 2.40. The van der Waals surface area contributed by atoms with Crippen LogP contribution in [-0.4, -0.2) is 35.4 Å². The van der Waals surface area contributed by atoms with Crippen LogP contribution in [0, 0.1) is 0 Å².